The second-order valence-electron chi connectivity index (χ2n) is 6.00. The molecule has 0 unspecified atom stereocenters. The summed E-state index contributed by atoms with van der Waals surface area (Å²) in [6, 6.07) is 14.7. The summed E-state index contributed by atoms with van der Waals surface area (Å²) < 4.78 is 2.10. The molecule has 0 aliphatic rings. The molecule has 0 spiro atoms. The second kappa shape index (κ2) is 7.40. The minimum Gasteiger partial charge on any atom is -0.329 e. The average Bonchev–Trinajstić information content (AvgIpc) is 2.95. The highest BCUT2D eigenvalue weighted by Gasteiger charge is 2.09. The van der Waals surface area contributed by atoms with E-state index in [0.717, 1.165) is 37.4 Å². The van der Waals surface area contributed by atoms with E-state index in [4.69, 9.17) is 10.7 Å². The smallest absolute Gasteiger partial charge is 0.137 e. The Morgan fingerprint density at radius 2 is 1.87 bits per heavy atom. The number of imidazole rings is 1. The zero-order valence-electron chi connectivity index (χ0n) is 13.7. The molecule has 0 fully saturated rings. The van der Waals surface area contributed by atoms with Crippen molar-refractivity contribution >= 4 is 5.65 Å². The maximum absolute atomic E-state index is 5.78. The lowest BCUT2D eigenvalue weighted by Crippen LogP contribution is -2.31. The molecule has 0 atom stereocenters. The Balaban J connectivity index is 1.67. The van der Waals surface area contributed by atoms with Gasteiger partial charge in [0.05, 0.1) is 5.69 Å². The van der Waals surface area contributed by atoms with E-state index in [0.29, 0.717) is 6.54 Å². The van der Waals surface area contributed by atoms with Gasteiger partial charge < -0.3 is 10.1 Å². The predicted octanol–water partition coefficient (Wildman–Crippen LogP) is 2.65. The standard InChI is InChI=1S/C19H24N4/c1-16-7-8-19-21-18(15-23(19)13-16)14-22(12-10-20)11-9-17-5-3-2-4-6-17/h2-8,13,15H,9-12,14,20H2,1H3. The van der Waals surface area contributed by atoms with Crippen LogP contribution in [0.2, 0.25) is 0 Å². The topological polar surface area (TPSA) is 46.6 Å². The van der Waals surface area contributed by atoms with Gasteiger partial charge in [0.1, 0.15) is 5.65 Å². The molecule has 0 aliphatic heterocycles. The van der Waals surface area contributed by atoms with E-state index < -0.39 is 0 Å². The number of hydrogen-bond acceptors (Lipinski definition) is 3. The molecule has 4 nitrogen and oxygen atoms in total. The van der Waals surface area contributed by atoms with Crippen molar-refractivity contribution in [1.82, 2.24) is 14.3 Å². The molecule has 0 saturated carbocycles. The highest BCUT2D eigenvalue weighted by atomic mass is 15.1. The first kappa shape index (κ1) is 15.7. The third kappa shape index (κ3) is 4.18. The minimum absolute atomic E-state index is 0.668. The molecule has 4 heteroatoms. The van der Waals surface area contributed by atoms with Crippen LogP contribution in [0.15, 0.2) is 54.9 Å². The molecular formula is C19H24N4. The Bertz CT molecular complexity index is 748. The summed E-state index contributed by atoms with van der Waals surface area (Å²) in [4.78, 5) is 7.09. The average molecular weight is 308 g/mol. The first-order chi connectivity index (χ1) is 11.2. The van der Waals surface area contributed by atoms with Crippen LogP contribution in [0.4, 0.5) is 0 Å². The quantitative estimate of drug-likeness (QED) is 0.730. The zero-order valence-corrected chi connectivity index (χ0v) is 13.7. The summed E-state index contributed by atoms with van der Waals surface area (Å²) in [7, 11) is 0. The van der Waals surface area contributed by atoms with Crippen molar-refractivity contribution in [2.75, 3.05) is 19.6 Å². The summed E-state index contributed by atoms with van der Waals surface area (Å²) in [6.07, 6.45) is 5.27. The molecule has 0 aliphatic carbocycles. The Morgan fingerprint density at radius 3 is 2.65 bits per heavy atom. The monoisotopic (exact) mass is 308 g/mol. The predicted molar refractivity (Wildman–Crippen MR) is 94.4 cm³/mol. The molecular weight excluding hydrogens is 284 g/mol. The molecule has 0 amide bonds. The van der Waals surface area contributed by atoms with Gasteiger partial charge in [-0.15, -0.1) is 0 Å². The number of aryl methyl sites for hydroxylation is 1. The van der Waals surface area contributed by atoms with Crippen LogP contribution in [-0.4, -0.2) is 33.9 Å². The van der Waals surface area contributed by atoms with Crippen LogP contribution in [-0.2, 0) is 13.0 Å². The molecule has 2 N–H and O–H groups in total. The normalized spacial score (nSPS) is 11.4. The van der Waals surface area contributed by atoms with Crippen molar-refractivity contribution in [2.24, 2.45) is 5.73 Å². The van der Waals surface area contributed by atoms with E-state index in [2.05, 4.69) is 71.1 Å². The van der Waals surface area contributed by atoms with Crippen LogP contribution in [0, 0.1) is 6.92 Å². The Labute approximate surface area is 137 Å². The van der Waals surface area contributed by atoms with Crippen LogP contribution in [0.3, 0.4) is 0 Å². The third-order valence-electron chi connectivity index (χ3n) is 4.04. The number of nitrogens with two attached hydrogens (primary N) is 1. The lowest BCUT2D eigenvalue weighted by atomic mass is 10.1. The minimum atomic E-state index is 0.668. The van der Waals surface area contributed by atoms with Gasteiger partial charge in [-0.05, 0) is 30.5 Å². The fraction of sp³-hybridized carbons (Fsp3) is 0.316. The van der Waals surface area contributed by atoms with Gasteiger partial charge in [0.25, 0.3) is 0 Å². The lowest BCUT2D eigenvalue weighted by Gasteiger charge is -2.20. The largest absolute Gasteiger partial charge is 0.329 e. The molecule has 23 heavy (non-hydrogen) atoms. The fourth-order valence-electron chi connectivity index (χ4n) is 2.85. The summed E-state index contributed by atoms with van der Waals surface area (Å²) in [5.41, 5.74) is 10.5. The molecule has 2 heterocycles. The number of fused-ring (bicyclic) bond motifs is 1. The van der Waals surface area contributed by atoms with Gasteiger partial charge in [0, 0.05) is 38.6 Å². The first-order valence-electron chi connectivity index (χ1n) is 8.15. The molecule has 3 rings (SSSR count). The lowest BCUT2D eigenvalue weighted by molar-refractivity contribution is 0.273. The SMILES string of the molecule is Cc1ccc2nc(CN(CCN)CCc3ccccc3)cn2c1. The number of pyridine rings is 1. The summed E-state index contributed by atoms with van der Waals surface area (Å²) in [6.45, 7) is 5.49. The van der Waals surface area contributed by atoms with Gasteiger partial charge >= 0.3 is 0 Å². The molecule has 0 saturated heterocycles. The number of benzene rings is 1. The van der Waals surface area contributed by atoms with Crippen molar-refractivity contribution in [1.29, 1.82) is 0 Å². The molecule has 120 valence electrons. The number of rotatable bonds is 7. The van der Waals surface area contributed by atoms with Gasteiger partial charge in [-0.3, -0.25) is 4.90 Å². The van der Waals surface area contributed by atoms with Crippen LogP contribution in [0.25, 0.3) is 5.65 Å². The molecule has 2 aromatic heterocycles. The van der Waals surface area contributed by atoms with Crippen molar-refractivity contribution < 1.29 is 0 Å². The van der Waals surface area contributed by atoms with Gasteiger partial charge in [0.15, 0.2) is 0 Å². The molecule has 3 aromatic rings. The Morgan fingerprint density at radius 1 is 1.04 bits per heavy atom. The van der Waals surface area contributed by atoms with E-state index in [1.807, 2.05) is 0 Å². The summed E-state index contributed by atoms with van der Waals surface area (Å²) in [5, 5.41) is 0. The van der Waals surface area contributed by atoms with Crippen LogP contribution >= 0.6 is 0 Å². The number of nitrogens with zero attached hydrogens (tertiary/aromatic N) is 3. The van der Waals surface area contributed by atoms with Crippen LogP contribution < -0.4 is 5.73 Å². The fourth-order valence-corrected chi connectivity index (χ4v) is 2.85. The van der Waals surface area contributed by atoms with Crippen molar-refractivity contribution in [3.63, 3.8) is 0 Å². The number of aromatic nitrogens is 2. The summed E-state index contributed by atoms with van der Waals surface area (Å²) >= 11 is 0. The third-order valence-corrected chi connectivity index (χ3v) is 4.04. The zero-order chi connectivity index (χ0) is 16.1. The van der Waals surface area contributed by atoms with Crippen molar-refractivity contribution in [3.05, 3.63) is 71.7 Å². The molecule has 0 radical (unpaired) electrons. The highest BCUT2D eigenvalue weighted by Crippen LogP contribution is 2.10. The van der Waals surface area contributed by atoms with Crippen molar-refractivity contribution in [3.8, 4) is 0 Å². The Hall–Kier alpha value is -2.17. The van der Waals surface area contributed by atoms with Crippen molar-refractivity contribution in [2.45, 2.75) is 19.9 Å². The summed E-state index contributed by atoms with van der Waals surface area (Å²) in [5.74, 6) is 0. The van der Waals surface area contributed by atoms with Gasteiger partial charge in [-0.1, -0.05) is 36.4 Å². The van der Waals surface area contributed by atoms with Gasteiger partial charge in [-0.2, -0.15) is 0 Å². The van der Waals surface area contributed by atoms with Gasteiger partial charge in [0.2, 0.25) is 0 Å². The maximum Gasteiger partial charge on any atom is 0.137 e. The molecule has 0 bridgehead atoms. The van der Waals surface area contributed by atoms with E-state index >= 15 is 0 Å². The first-order valence-corrected chi connectivity index (χ1v) is 8.15. The van der Waals surface area contributed by atoms with E-state index in [9.17, 15) is 0 Å². The highest BCUT2D eigenvalue weighted by molar-refractivity contribution is 5.41. The van der Waals surface area contributed by atoms with E-state index in [1.54, 1.807) is 0 Å². The Kier molecular flexibility index (Phi) is 5.05. The number of hydrogen-bond donors (Lipinski definition) is 1. The van der Waals surface area contributed by atoms with E-state index in [-0.39, 0.29) is 0 Å². The second-order valence-corrected chi connectivity index (χ2v) is 6.00. The van der Waals surface area contributed by atoms with E-state index in [1.165, 1.54) is 11.1 Å². The van der Waals surface area contributed by atoms with Crippen LogP contribution in [0.1, 0.15) is 16.8 Å². The van der Waals surface area contributed by atoms with Crippen LogP contribution in [0.5, 0.6) is 0 Å². The molecule has 1 aromatic carbocycles. The maximum atomic E-state index is 5.78. The van der Waals surface area contributed by atoms with Gasteiger partial charge in [-0.25, -0.2) is 4.98 Å².